The molecule has 0 bridgehead atoms. The number of H-pyrrole nitrogens is 1. The number of hydrogen-bond donors (Lipinski definition) is 1. The van der Waals surface area contributed by atoms with Crippen LogP contribution in [0.3, 0.4) is 0 Å². The molecule has 1 aromatic carbocycles. The Morgan fingerprint density at radius 3 is 2.62 bits per heavy atom. The fourth-order valence-electron chi connectivity index (χ4n) is 4.47. The highest BCUT2D eigenvalue weighted by Crippen LogP contribution is 2.22. The van der Waals surface area contributed by atoms with E-state index in [4.69, 9.17) is 0 Å². The Morgan fingerprint density at radius 1 is 1.03 bits per heavy atom. The second-order valence-corrected chi connectivity index (χ2v) is 8.52. The van der Waals surface area contributed by atoms with Crippen molar-refractivity contribution in [2.45, 2.75) is 19.9 Å². The largest absolute Gasteiger partial charge is 0.369 e. The first-order valence-electron chi connectivity index (χ1n) is 11.1. The lowest BCUT2D eigenvalue weighted by molar-refractivity contribution is 0.250. The van der Waals surface area contributed by atoms with E-state index in [0.717, 1.165) is 71.3 Å². The molecule has 4 heterocycles. The number of anilines is 1. The molecule has 0 amide bonds. The molecule has 0 radical (unpaired) electrons. The molecule has 0 atom stereocenters. The summed E-state index contributed by atoms with van der Waals surface area (Å²) in [6.45, 7) is 6.52. The highest BCUT2D eigenvalue weighted by molar-refractivity contribution is 5.85. The first kappa shape index (κ1) is 20.5. The third-order valence-electron chi connectivity index (χ3n) is 6.41. The van der Waals surface area contributed by atoms with Gasteiger partial charge in [0.2, 0.25) is 0 Å². The zero-order valence-electron chi connectivity index (χ0n) is 18.5. The summed E-state index contributed by atoms with van der Waals surface area (Å²) < 4.78 is 1.61. The van der Waals surface area contributed by atoms with E-state index in [1.54, 1.807) is 11.6 Å². The summed E-state index contributed by atoms with van der Waals surface area (Å²) in [4.78, 5) is 36.7. The predicted octanol–water partition coefficient (Wildman–Crippen LogP) is 2.66. The summed E-state index contributed by atoms with van der Waals surface area (Å²) in [5.41, 5.74) is 4.67. The minimum absolute atomic E-state index is 0.0270. The SMILES string of the molecule is CCc1cc2ncc(CN3CCN(c4ccc5c(=O)n(C)ccc5c4)CC3)cc2[nH]c1=O. The predicted molar refractivity (Wildman–Crippen MR) is 128 cm³/mol. The molecular formula is C25H27N5O2. The van der Waals surface area contributed by atoms with Gasteiger partial charge < -0.3 is 14.5 Å². The molecule has 1 aliphatic rings. The smallest absolute Gasteiger partial charge is 0.258 e. The van der Waals surface area contributed by atoms with Gasteiger partial charge >= 0.3 is 0 Å². The van der Waals surface area contributed by atoms with Crippen LogP contribution in [-0.2, 0) is 20.0 Å². The summed E-state index contributed by atoms with van der Waals surface area (Å²) >= 11 is 0. The van der Waals surface area contributed by atoms with E-state index in [0.29, 0.717) is 6.42 Å². The van der Waals surface area contributed by atoms with Crippen molar-refractivity contribution in [1.82, 2.24) is 19.4 Å². The van der Waals surface area contributed by atoms with Gasteiger partial charge in [-0.15, -0.1) is 0 Å². The lowest BCUT2D eigenvalue weighted by atomic mass is 10.1. The topological polar surface area (TPSA) is 74.2 Å². The van der Waals surface area contributed by atoms with Crippen LogP contribution in [0.1, 0.15) is 18.1 Å². The fourth-order valence-corrected chi connectivity index (χ4v) is 4.47. The summed E-state index contributed by atoms with van der Waals surface area (Å²) in [5, 5.41) is 1.74. The Bertz CT molecular complexity index is 1410. The molecule has 0 aliphatic carbocycles. The Balaban J connectivity index is 1.28. The standard InChI is InChI=1S/C25H27N5O2/c1-3-18-14-22-23(27-24(18)31)12-17(15-26-22)16-29-8-10-30(11-9-29)20-4-5-21-19(13-20)6-7-28(2)25(21)32/h4-7,12-15H,3,8-11,16H2,1-2H3,(H,27,31). The van der Waals surface area contributed by atoms with Gasteiger partial charge in [0.15, 0.2) is 0 Å². The third kappa shape index (κ3) is 3.80. The maximum Gasteiger partial charge on any atom is 0.258 e. The Kier molecular flexibility index (Phi) is 5.27. The van der Waals surface area contributed by atoms with Crippen LogP contribution in [-0.4, -0.2) is 45.6 Å². The molecule has 0 saturated carbocycles. The Labute approximate surface area is 185 Å². The molecule has 0 unspecified atom stereocenters. The minimum atomic E-state index is -0.0270. The number of fused-ring (bicyclic) bond motifs is 2. The number of nitrogens with one attached hydrogen (secondary N) is 1. The molecule has 0 spiro atoms. The van der Waals surface area contributed by atoms with Gasteiger partial charge in [0.05, 0.1) is 11.0 Å². The number of rotatable bonds is 4. The lowest BCUT2D eigenvalue weighted by Gasteiger charge is -2.36. The average molecular weight is 430 g/mol. The molecule has 1 saturated heterocycles. The van der Waals surface area contributed by atoms with Crippen LogP contribution in [0.2, 0.25) is 0 Å². The summed E-state index contributed by atoms with van der Waals surface area (Å²) in [7, 11) is 1.78. The van der Waals surface area contributed by atoms with E-state index < -0.39 is 0 Å². The maximum atomic E-state index is 12.3. The molecule has 3 aromatic heterocycles. The van der Waals surface area contributed by atoms with Crippen LogP contribution >= 0.6 is 0 Å². The van der Waals surface area contributed by atoms with Crippen molar-refractivity contribution >= 4 is 27.5 Å². The van der Waals surface area contributed by atoms with E-state index >= 15 is 0 Å². The van der Waals surface area contributed by atoms with Crippen LogP contribution in [0, 0.1) is 0 Å². The van der Waals surface area contributed by atoms with Crippen molar-refractivity contribution in [3.05, 3.63) is 80.6 Å². The zero-order valence-corrected chi connectivity index (χ0v) is 18.5. The number of aromatic amines is 1. The van der Waals surface area contributed by atoms with Gasteiger partial charge in [-0.05, 0) is 53.8 Å². The van der Waals surface area contributed by atoms with Gasteiger partial charge in [-0.25, -0.2) is 0 Å². The van der Waals surface area contributed by atoms with Gasteiger partial charge in [-0.1, -0.05) is 6.92 Å². The number of benzene rings is 1. The molecule has 7 nitrogen and oxygen atoms in total. The molecular weight excluding hydrogens is 402 g/mol. The van der Waals surface area contributed by atoms with Crippen molar-refractivity contribution in [3.8, 4) is 0 Å². The Hall–Kier alpha value is -3.45. The number of piperazine rings is 1. The van der Waals surface area contributed by atoms with E-state index in [9.17, 15) is 9.59 Å². The van der Waals surface area contributed by atoms with Crippen LogP contribution in [0.5, 0.6) is 0 Å². The Morgan fingerprint density at radius 2 is 1.84 bits per heavy atom. The number of pyridine rings is 3. The lowest BCUT2D eigenvalue weighted by Crippen LogP contribution is -2.46. The van der Waals surface area contributed by atoms with Crippen molar-refractivity contribution in [1.29, 1.82) is 0 Å². The fraction of sp³-hybridized carbons (Fsp3) is 0.320. The first-order valence-corrected chi connectivity index (χ1v) is 11.1. The molecule has 7 heteroatoms. The number of nitrogens with zero attached hydrogens (tertiary/aromatic N) is 4. The van der Waals surface area contributed by atoms with Crippen molar-refractivity contribution < 1.29 is 0 Å². The first-order chi connectivity index (χ1) is 15.5. The summed E-state index contributed by atoms with van der Waals surface area (Å²) in [5.74, 6) is 0. The van der Waals surface area contributed by atoms with E-state index in [1.807, 2.05) is 49.6 Å². The van der Waals surface area contributed by atoms with E-state index in [-0.39, 0.29) is 11.1 Å². The van der Waals surface area contributed by atoms with Gasteiger partial charge in [0.25, 0.3) is 11.1 Å². The highest BCUT2D eigenvalue weighted by Gasteiger charge is 2.18. The quantitative estimate of drug-likeness (QED) is 0.540. The summed E-state index contributed by atoms with van der Waals surface area (Å²) in [6.07, 6.45) is 4.43. The highest BCUT2D eigenvalue weighted by atomic mass is 16.1. The van der Waals surface area contributed by atoms with Crippen molar-refractivity contribution in [3.63, 3.8) is 0 Å². The zero-order chi connectivity index (χ0) is 22.2. The minimum Gasteiger partial charge on any atom is -0.369 e. The number of aryl methyl sites for hydroxylation is 2. The van der Waals surface area contributed by atoms with E-state index in [2.05, 4.69) is 25.8 Å². The van der Waals surface area contributed by atoms with Crippen LogP contribution in [0.15, 0.2) is 58.4 Å². The molecule has 1 N–H and O–H groups in total. The van der Waals surface area contributed by atoms with Crippen molar-refractivity contribution in [2.24, 2.45) is 7.05 Å². The molecule has 1 fully saturated rings. The molecule has 1 aliphatic heterocycles. The number of hydrogen-bond acceptors (Lipinski definition) is 5. The monoisotopic (exact) mass is 429 g/mol. The molecule has 5 rings (SSSR count). The molecule has 164 valence electrons. The van der Waals surface area contributed by atoms with Gasteiger partial charge in [-0.2, -0.15) is 0 Å². The van der Waals surface area contributed by atoms with E-state index in [1.165, 1.54) is 0 Å². The third-order valence-corrected chi connectivity index (χ3v) is 6.41. The van der Waals surface area contributed by atoms with Crippen LogP contribution in [0.4, 0.5) is 5.69 Å². The molecule has 4 aromatic rings. The summed E-state index contributed by atoms with van der Waals surface area (Å²) in [6, 6.07) is 12.0. The maximum absolute atomic E-state index is 12.3. The van der Waals surface area contributed by atoms with Gasteiger partial charge in [-0.3, -0.25) is 19.5 Å². The second kappa shape index (κ2) is 8.24. The van der Waals surface area contributed by atoms with Crippen LogP contribution in [0.25, 0.3) is 21.8 Å². The van der Waals surface area contributed by atoms with Crippen LogP contribution < -0.4 is 16.0 Å². The normalized spacial score (nSPS) is 15.0. The van der Waals surface area contributed by atoms with Crippen molar-refractivity contribution in [2.75, 3.05) is 31.1 Å². The average Bonchev–Trinajstić information content (AvgIpc) is 2.81. The number of aromatic nitrogens is 3. The second-order valence-electron chi connectivity index (χ2n) is 8.52. The van der Waals surface area contributed by atoms with Gasteiger partial charge in [0.1, 0.15) is 0 Å². The van der Waals surface area contributed by atoms with Gasteiger partial charge in [0, 0.05) is 68.8 Å². The molecule has 32 heavy (non-hydrogen) atoms.